The molecule has 0 bridgehead atoms. The van der Waals surface area contributed by atoms with Crippen LogP contribution < -0.4 is 0 Å². The fourth-order valence-corrected chi connectivity index (χ4v) is 0.842. The fraction of sp³-hybridized carbons (Fsp3) is 0.889. The van der Waals surface area contributed by atoms with Gasteiger partial charge in [-0.05, 0) is 12.3 Å². The number of likely N-dealkylation sites (N-methyl/N-ethyl adjacent to an activating group) is 1. The molecule has 0 spiro atoms. The van der Waals surface area contributed by atoms with Crippen molar-refractivity contribution >= 4 is 5.84 Å². The maximum Gasteiger partial charge on any atom is 0.138 e. The summed E-state index contributed by atoms with van der Waals surface area (Å²) in [4.78, 5) is 16.2. The van der Waals surface area contributed by atoms with E-state index in [1.807, 2.05) is 19.0 Å². The van der Waals surface area contributed by atoms with Gasteiger partial charge in [0.15, 0.2) is 0 Å². The Hall–Kier alpha value is -0.930. The van der Waals surface area contributed by atoms with Crippen LogP contribution in [0.1, 0.15) is 20.3 Å². The summed E-state index contributed by atoms with van der Waals surface area (Å²) >= 11 is 0. The molecule has 4 heteroatoms. The topological polar surface area (TPSA) is 45.0 Å². The Morgan fingerprint density at radius 1 is 1.38 bits per heavy atom. The number of hydrogen-bond donors (Lipinski definition) is 0. The van der Waals surface area contributed by atoms with Gasteiger partial charge < -0.3 is 4.90 Å². The Bertz CT molecular complexity index is 176. The summed E-state index contributed by atoms with van der Waals surface area (Å²) < 4.78 is 0. The van der Waals surface area contributed by atoms with E-state index < -0.39 is 0 Å². The molecule has 0 aromatic carbocycles. The summed E-state index contributed by atoms with van der Waals surface area (Å²) in [6, 6.07) is 0. The smallest absolute Gasteiger partial charge is 0.138 e. The third-order valence-corrected chi connectivity index (χ3v) is 1.72. The van der Waals surface area contributed by atoms with Crippen molar-refractivity contribution in [2.24, 2.45) is 16.1 Å². The van der Waals surface area contributed by atoms with Crippen LogP contribution in [0, 0.1) is 10.8 Å². The van der Waals surface area contributed by atoms with Crippen molar-refractivity contribution in [3.05, 3.63) is 4.91 Å². The third kappa shape index (κ3) is 6.25. The van der Waals surface area contributed by atoms with Crippen LogP contribution in [0.3, 0.4) is 0 Å². The molecule has 0 heterocycles. The Morgan fingerprint density at radius 3 is 2.38 bits per heavy atom. The van der Waals surface area contributed by atoms with Gasteiger partial charge >= 0.3 is 0 Å². The van der Waals surface area contributed by atoms with E-state index in [1.165, 1.54) is 0 Å². The molecular weight excluding hydrogens is 166 g/mol. The third-order valence-electron chi connectivity index (χ3n) is 1.72. The predicted octanol–water partition coefficient (Wildman–Crippen LogP) is 1.76. The minimum absolute atomic E-state index is 0.172. The minimum Gasteiger partial charge on any atom is -0.365 e. The Labute approximate surface area is 80.0 Å². The number of rotatable bonds is 5. The molecule has 76 valence electrons. The highest BCUT2D eigenvalue weighted by Crippen LogP contribution is 1.99. The van der Waals surface area contributed by atoms with Crippen LogP contribution in [0.25, 0.3) is 0 Å². The largest absolute Gasteiger partial charge is 0.365 e. The number of hydrogen-bond acceptors (Lipinski definition) is 3. The van der Waals surface area contributed by atoms with Gasteiger partial charge in [0.05, 0.1) is 0 Å². The van der Waals surface area contributed by atoms with Gasteiger partial charge in [-0.3, -0.25) is 4.99 Å². The Morgan fingerprint density at radius 2 is 2.00 bits per heavy atom. The molecule has 0 atom stereocenters. The number of nitrogens with zero attached hydrogens (tertiary/aromatic N) is 3. The van der Waals surface area contributed by atoms with Crippen molar-refractivity contribution in [2.45, 2.75) is 20.3 Å². The molecule has 0 saturated heterocycles. The van der Waals surface area contributed by atoms with E-state index in [1.54, 1.807) is 0 Å². The van der Waals surface area contributed by atoms with Gasteiger partial charge in [-0.1, -0.05) is 19.0 Å². The fourth-order valence-electron chi connectivity index (χ4n) is 0.842. The van der Waals surface area contributed by atoms with Crippen LogP contribution in [-0.2, 0) is 0 Å². The average Bonchev–Trinajstić information content (AvgIpc) is 2.02. The lowest BCUT2D eigenvalue weighted by molar-refractivity contribution is 0.576. The first-order valence-electron chi connectivity index (χ1n) is 4.57. The van der Waals surface area contributed by atoms with Gasteiger partial charge in [-0.2, -0.15) is 4.91 Å². The van der Waals surface area contributed by atoms with Crippen LogP contribution in [0.4, 0.5) is 0 Å². The maximum atomic E-state index is 10.1. The number of amidine groups is 1. The average molecular weight is 185 g/mol. The lowest BCUT2D eigenvalue weighted by Crippen LogP contribution is -2.25. The van der Waals surface area contributed by atoms with E-state index in [-0.39, 0.29) is 6.54 Å². The van der Waals surface area contributed by atoms with Gasteiger partial charge in [-0.15, -0.1) is 0 Å². The van der Waals surface area contributed by atoms with Gasteiger partial charge in [0.1, 0.15) is 12.4 Å². The summed E-state index contributed by atoms with van der Waals surface area (Å²) in [5.41, 5.74) is 0. The summed E-state index contributed by atoms with van der Waals surface area (Å²) in [6.07, 6.45) is 1.05. The molecule has 0 unspecified atom stereocenters. The SMILES string of the molecule is CC(C)CCN=C(CN=O)N(C)C. The van der Waals surface area contributed by atoms with Gasteiger partial charge in [0.2, 0.25) is 0 Å². The predicted molar refractivity (Wildman–Crippen MR) is 56.1 cm³/mol. The van der Waals surface area contributed by atoms with Gasteiger partial charge in [0.25, 0.3) is 0 Å². The monoisotopic (exact) mass is 185 g/mol. The zero-order chi connectivity index (χ0) is 10.3. The maximum absolute atomic E-state index is 10.1. The zero-order valence-corrected chi connectivity index (χ0v) is 8.95. The Balaban J connectivity index is 3.96. The highest BCUT2D eigenvalue weighted by Gasteiger charge is 2.01. The number of aliphatic imine (C=N–C) groups is 1. The summed E-state index contributed by atoms with van der Waals surface area (Å²) in [7, 11) is 3.75. The number of nitroso groups, excluding NO2 is 1. The van der Waals surface area contributed by atoms with Crippen molar-refractivity contribution in [2.75, 3.05) is 27.2 Å². The van der Waals surface area contributed by atoms with Crippen LogP contribution in [0.5, 0.6) is 0 Å². The highest BCUT2D eigenvalue weighted by molar-refractivity contribution is 5.83. The van der Waals surface area contributed by atoms with Crippen molar-refractivity contribution in [3.63, 3.8) is 0 Å². The molecule has 0 aliphatic rings. The van der Waals surface area contributed by atoms with E-state index in [9.17, 15) is 4.91 Å². The Kier molecular flexibility index (Phi) is 6.10. The second-order valence-corrected chi connectivity index (χ2v) is 3.66. The summed E-state index contributed by atoms with van der Waals surface area (Å²) in [6.45, 7) is 5.26. The molecule has 4 nitrogen and oxygen atoms in total. The summed E-state index contributed by atoms with van der Waals surface area (Å²) in [5.74, 6) is 1.41. The van der Waals surface area contributed by atoms with Gasteiger partial charge in [-0.25, -0.2) is 0 Å². The molecule has 0 amide bonds. The molecular formula is C9H19N3O. The molecule has 0 fully saturated rings. The molecule has 0 rings (SSSR count). The lowest BCUT2D eigenvalue weighted by atomic mass is 10.1. The normalized spacial score (nSPS) is 11.9. The van der Waals surface area contributed by atoms with Crippen LogP contribution in [0.15, 0.2) is 10.2 Å². The van der Waals surface area contributed by atoms with E-state index in [4.69, 9.17) is 0 Å². The first kappa shape index (κ1) is 12.1. The first-order chi connectivity index (χ1) is 6.07. The molecule has 0 radical (unpaired) electrons. The quantitative estimate of drug-likeness (QED) is 0.372. The molecule has 0 aliphatic heterocycles. The molecule has 0 aromatic heterocycles. The van der Waals surface area contributed by atoms with Crippen molar-refractivity contribution in [1.29, 1.82) is 0 Å². The van der Waals surface area contributed by atoms with Crippen LogP contribution in [0.2, 0.25) is 0 Å². The lowest BCUT2D eigenvalue weighted by Gasteiger charge is -2.13. The highest BCUT2D eigenvalue weighted by atomic mass is 16.3. The molecule has 0 aromatic rings. The zero-order valence-electron chi connectivity index (χ0n) is 8.95. The molecule has 0 saturated carbocycles. The standard InChI is InChI=1S/C9H19N3O/c1-8(2)5-6-10-9(7-11-13)12(3)4/h8H,5-7H2,1-4H3. The van der Waals surface area contributed by atoms with E-state index in [0.717, 1.165) is 18.8 Å². The van der Waals surface area contributed by atoms with Gasteiger partial charge in [0, 0.05) is 20.6 Å². The van der Waals surface area contributed by atoms with Crippen molar-refractivity contribution in [3.8, 4) is 0 Å². The van der Waals surface area contributed by atoms with Crippen molar-refractivity contribution in [1.82, 2.24) is 4.90 Å². The van der Waals surface area contributed by atoms with Crippen LogP contribution >= 0.6 is 0 Å². The first-order valence-corrected chi connectivity index (χ1v) is 4.57. The molecule has 13 heavy (non-hydrogen) atoms. The van der Waals surface area contributed by atoms with E-state index in [2.05, 4.69) is 24.0 Å². The van der Waals surface area contributed by atoms with E-state index >= 15 is 0 Å². The summed E-state index contributed by atoms with van der Waals surface area (Å²) in [5, 5.41) is 2.83. The molecule has 0 N–H and O–H groups in total. The molecule has 0 aliphatic carbocycles. The second kappa shape index (κ2) is 6.57. The second-order valence-electron chi connectivity index (χ2n) is 3.66. The minimum atomic E-state index is 0.172. The van der Waals surface area contributed by atoms with E-state index in [0.29, 0.717) is 5.92 Å². The van der Waals surface area contributed by atoms with Crippen LogP contribution in [-0.4, -0.2) is 37.9 Å². The van der Waals surface area contributed by atoms with Crippen molar-refractivity contribution < 1.29 is 0 Å².